The van der Waals surface area contributed by atoms with Crippen molar-refractivity contribution in [1.29, 1.82) is 0 Å². The maximum Gasteiger partial charge on any atom is 0.311 e. The highest BCUT2D eigenvalue weighted by molar-refractivity contribution is 8.01. The summed E-state index contributed by atoms with van der Waals surface area (Å²) in [5.74, 6) is -1.67. The average Bonchev–Trinajstić information content (AvgIpc) is 3.44. The van der Waals surface area contributed by atoms with E-state index in [1.165, 1.54) is 53.0 Å². The van der Waals surface area contributed by atoms with Gasteiger partial charge in [0.05, 0.1) is 10.6 Å². The largest absolute Gasteiger partial charge is 0.346 e. The molecule has 0 bridgehead atoms. The smallest absolute Gasteiger partial charge is 0.311 e. The van der Waals surface area contributed by atoms with E-state index in [1.807, 2.05) is 6.92 Å². The Morgan fingerprint density at radius 1 is 1.26 bits per heavy atom. The zero-order chi connectivity index (χ0) is 27.8. The number of carbonyl (C=O) groups excluding carboxylic acids is 3. The molecule has 0 aromatic heterocycles. The molecule has 3 aliphatic rings. The van der Waals surface area contributed by atoms with Crippen LogP contribution in [0.15, 0.2) is 41.6 Å². The van der Waals surface area contributed by atoms with Crippen molar-refractivity contribution in [2.24, 2.45) is 5.92 Å². The second kappa shape index (κ2) is 10.7. The molecule has 2 heterocycles. The number of carbonyl (C=O) groups is 3. The van der Waals surface area contributed by atoms with Gasteiger partial charge in [0.2, 0.25) is 10.0 Å². The highest BCUT2D eigenvalue weighted by atomic mass is 32.2. The number of anilines is 1. The maximum absolute atomic E-state index is 13.5. The Balaban J connectivity index is 1.40. The number of fused-ring (bicyclic) bond motifs is 1. The van der Waals surface area contributed by atoms with E-state index in [0.717, 1.165) is 12.8 Å². The topological polar surface area (TPSA) is 128 Å². The highest BCUT2D eigenvalue weighted by Crippen LogP contribution is 2.34. The zero-order valence-corrected chi connectivity index (χ0v) is 23.2. The summed E-state index contributed by atoms with van der Waals surface area (Å²) in [5, 5.41) is 5.38. The van der Waals surface area contributed by atoms with Gasteiger partial charge in [0.1, 0.15) is 5.82 Å². The van der Waals surface area contributed by atoms with Gasteiger partial charge in [-0.3, -0.25) is 14.4 Å². The van der Waals surface area contributed by atoms with Gasteiger partial charge < -0.3 is 20.4 Å². The lowest BCUT2D eigenvalue weighted by Gasteiger charge is -2.25. The fourth-order valence-corrected chi connectivity index (χ4v) is 7.29. The fraction of sp³-hybridized carbons (Fsp3) is 0.480. The van der Waals surface area contributed by atoms with Gasteiger partial charge in [0, 0.05) is 55.3 Å². The number of hydrogen-bond donors (Lipinski definition) is 3. The highest BCUT2D eigenvalue weighted by Gasteiger charge is 2.44. The van der Waals surface area contributed by atoms with Gasteiger partial charge in [0.25, 0.3) is 5.91 Å². The van der Waals surface area contributed by atoms with Crippen LogP contribution in [0.3, 0.4) is 0 Å². The molecular weight excluding hydrogens is 533 g/mol. The van der Waals surface area contributed by atoms with Gasteiger partial charge in [-0.05, 0) is 56.2 Å². The summed E-state index contributed by atoms with van der Waals surface area (Å²) in [6.07, 6.45) is 3.00. The van der Waals surface area contributed by atoms with Crippen LogP contribution in [0.1, 0.15) is 25.3 Å². The number of likely N-dealkylation sites (tertiary alicyclic amines) is 1. The Bertz CT molecular complexity index is 1310. The van der Waals surface area contributed by atoms with Crippen LogP contribution in [0.25, 0.3) is 0 Å². The third-order valence-electron chi connectivity index (χ3n) is 7.01. The van der Waals surface area contributed by atoms with Crippen molar-refractivity contribution in [3.05, 3.63) is 53.0 Å². The Morgan fingerprint density at radius 2 is 1.97 bits per heavy atom. The number of thioether (sulfide) groups is 1. The van der Waals surface area contributed by atoms with Gasteiger partial charge in [-0.2, -0.15) is 11.8 Å². The van der Waals surface area contributed by atoms with Crippen molar-refractivity contribution >= 4 is 45.2 Å². The van der Waals surface area contributed by atoms with Crippen LogP contribution in [0, 0.1) is 18.7 Å². The number of aryl methyl sites for hydroxylation is 1. The predicted molar refractivity (Wildman–Crippen MR) is 144 cm³/mol. The molecule has 4 rings (SSSR count). The molecule has 0 spiro atoms. The predicted octanol–water partition coefficient (Wildman–Crippen LogP) is 1.52. The second-order valence-corrected chi connectivity index (χ2v) is 13.1. The number of hydrogen-bond acceptors (Lipinski definition) is 7. The van der Waals surface area contributed by atoms with Gasteiger partial charge in [0.15, 0.2) is 0 Å². The number of nitrogens with zero attached hydrogens (tertiary/aromatic N) is 2. The van der Waals surface area contributed by atoms with E-state index in [4.69, 9.17) is 0 Å². The van der Waals surface area contributed by atoms with E-state index in [0.29, 0.717) is 23.5 Å². The van der Waals surface area contributed by atoms with E-state index < -0.39 is 39.6 Å². The van der Waals surface area contributed by atoms with Crippen LogP contribution < -0.4 is 15.4 Å². The molecule has 206 valence electrons. The van der Waals surface area contributed by atoms with E-state index >= 15 is 0 Å². The van der Waals surface area contributed by atoms with E-state index in [9.17, 15) is 27.2 Å². The molecule has 1 aromatic carbocycles. The molecule has 0 radical (unpaired) electrons. The van der Waals surface area contributed by atoms with Crippen molar-refractivity contribution < 1.29 is 27.2 Å². The Kier molecular flexibility index (Phi) is 7.91. The fourth-order valence-electron chi connectivity index (χ4n) is 4.27. The number of likely N-dealkylation sites (N-methyl/N-ethyl adjacent to an activating group) is 1. The van der Waals surface area contributed by atoms with Crippen molar-refractivity contribution in [2.45, 2.75) is 38.3 Å². The minimum absolute atomic E-state index is 0.00683. The van der Waals surface area contributed by atoms with E-state index in [-0.39, 0.29) is 34.4 Å². The quantitative estimate of drug-likeness (QED) is 0.365. The summed E-state index contributed by atoms with van der Waals surface area (Å²) in [6, 6.07) is 3.62. The lowest BCUT2D eigenvalue weighted by atomic mass is 10.1. The lowest BCUT2D eigenvalue weighted by molar-refractivity contribution is -0.145. The third-order valence-corrected chi connectivity index (χ3v) is 9.92. The third kappa shape index (κ3) is 6.38. The first-order valence-corrected chi connectivity index (χ1v) is 14.8. The molecule has 3 amide bonds. The molecule has 13 heteroatoms. The van der Waals surface area contributed by atoms with Crippen LogP contribution in [0.2, 0.25) is 0 Å². The maximum atomic E-state index is 13.5. The summed E-state index contributed by atoms with van der Waals surface area (Å²) in [6.45, 7) is 7.62. The van der Waals surface area contributed by atoms with Crippen molar-refractivity contribution in [2.75, 3.05) is 37.0 Å². The monoisotopic (exact) mass is 565 g/mol. The van der Waals surface area contributed by atoms with Gasteiger partial charge >= 0.3 is 11.8 Å². The molecule has 1 saturated carbocycles. The van der Waals surface area contributed by atoms with Gasteiger partial charge in [-0.15, -0.1) is 0 Å². The van der Waals surface area contributed by atoms with Crippen LogP contribution >= 0.6 is 11.8 Å². The number of benzene rings is 1. The second-order valence-electron chi connectivity index (χ2n) is 10.3. The number of halogens is 1. The lowest BCUT2D eigenvalue weighted by Crippen LogP contribution is -2.47. The molecule has 2 aliphatic heterocycles. The molecule has 2 atom stereocenters. The van der Waals surface area contributed by atoms with E-state index in [2.05, 4.69) is 21.9 Å². The Labute approximate surface area is 226 Å². The summed E-state index contributed by atoms with van der Waals surface area (Å²) >= 11 is 1.41. The van der Waals surface area contributed by atoms with Crippen molar-refractivity contribution in [1.82, 2.24) is 19.8 Å². The van der Waals surface area contributed by atoms with Crippen LogP contribution in [-0.4, -0.2) is 79.2 Å². The van der Waals surface area contributed by atoms with Crippen LogP contribution in [-0.2, 0) is 24.4 Å². The van der Waals surface area contributed by atoms with E-state index in [1.54, 1.807) is 6.92 Å². The minimum Gasteiger partial charge on any atom is -0.346 e. The molecule has 1 aliphatic carbocycles. The zero-order valence-electron chi connectivity index (χ0n) is 21.5. The Hall–Kier alpha value is -2.90. The summed E-state index contributed by atoms with van der Waals surface area (Å²) < 4.78 is 42.6. The number of nitrogens with one attached hydrogen (secondary N) is 3. The van der Waals surface area contributed by atoms with Gasteiger partial charge in [-0.25, -0.2) is 17.5 Å². The van der Waals surface area contributed by atoms with Crippen LogP contribution in [0.4, 0.5) is 10.1 Å². The first kappa shape index (κ1) is 28.1. The minimum atomic E-state index is -3.95. The average molecular weight is 566 g/mol. The van der Waals surface area contributed by atoms with Crippen molar-refractivity contribution in [3.8, 4) is 0 Å². The molecule has 3 N–H and O–H groups in total. The normalized spacial score (nSPS) is 24.5. The first-order valence-electron chi connectivity index (χ1n) is 12.2. The molecule has 2 saturated heterocycles. The number of amides is 3. The van der Waals surface area contributed by atoms with Gasteiger partial charge in [-0.1, -0.05) is 6.58 Å². The standard InChI is InChI=1S/C25H32FN5O5S2/c1-15-9-18(5-6-20(15)26)27-22(32)16(2)30(4)11-19-14-37-13-17-10-31(12-21(17)29-38(19,35)36)24(34)23(33)28-25(3)7-8-25/h5-6,9,11,17,21,29H,2,7-8,10,12-14H2,1,3-4H3,(H,27,32)(H,28,33)/b19-11+/t17-,21-/m0/s1. The van der Waals surface area contributed by atoms with Crippen LogP contribution in [0.5, 0.6) is 0 Å². The molecular formula is C25H32FN5O5S2. The summed E-state index contributed by atoms with van der Waals surface area (Å²) in [5.41, 5.74) is 0.428. The molecule has 3 fully saturated rings. The first-order chi connectivity index (χ1) is 17.8. The van der Waals surface area contributed by atoms with Crippen molar-refractivity contribution in [3.63, 3.8) is 0 Å². The number of rotatable bonds is 5. The summed E-state index contributed by atoms with van der Waals surface area (Å²) in [7, 11) is -2.44. The SMILES string of the molecule is C=C(C(=O)Nc1ccc(F)c(C)c1)N(C)/C=C1\CSC[C@@H]2CN(C(=O)C(=O)NC3(C)CC3)C[C@@H]2NS1(=O)=O. The Morgan fingerprint density at radius 3 is 2.63 bits per heavy atom. The molecule has 10 nitrogen and oxygen atoms in total. The molecule has 1 aromatic rings. The summed E-state index contributed by atoms with van der Waals surface area (Å²) in [4.78, 5) is 40.5. The molecule has 0 unspecified atom stereocenters. The number of sulfonamides is 1. The molecule has 38 heavy (non-hydrogen) atoms.